The molecule has 3 aromatic heterocycles. The quantitative estimate of drug-likeness (QED) is 0.575. The van der Waals surface area contributed by atoms with Crippen LogP contribution in [0.1, 0.15) is 24.5 Å². The van der Waals surface area contributed by atoms with Crippen molar-refractivity contribution in [3.63, 3.8) is 0 Å². The number of nitrogens with two attached hydrogens (primary N) is 1. The summed E-state index contributed by atoms with van der Waals surface area (Å²) in [5.41, 5.74) is 8.02. The number of hydrogen-bond donors (Lipinski definition) is 1. The highest BCUT2D eigenvalue weighted by molar-refractivity contribution is 5.66. The second kappa shape index (κ2) is 7.50. The van der Waals surface area contributed by atoms with Crippen molar-refractivity contribution >= 4 is 17.7 Å². The molecule has 5 fully saturated rings. The lowest BCUT2D eigenvalue weighted by Gasteiger charge is -2.26. The van der Waals surface area contributed by atoms with Crippen molar-refractivity contribution in [3.8, 4) is 17.0 Å². The van der Waals surface area contributed by atoms with Crippen LogP contribution >= 0.6 is 0 Å². The Bertz CT molecular complexity index is 1280. The van der Waals surface area contributed by atoms with Crippen molar-refractivity contribution < 1.29 is 13.5 Å². The summed E-state index contributed by atoms with van der Waals surface area (Å²) in [6.45, 7) is -0.120. The summed E-state index contributed by atoms with van der Waals surface area (Å²) in [7, 11) is 2.01. The van der Waals surface area contributed by atoms with Gasteiger partial charge in [-0.2, -0.15) is 8.78 Å². The van der Waals surface area contributed by atoms with Crippen molar-refractivity contribution in [2.24, 2.45) is 24.8 Å². The Morgan fingerprint density at radius 1 is 1.09 bits per heavy atom. The molecule has 11 heteroatoms. The third-order valence-corrected chi connectivity index (χ3v) is 8.11. The van der Waals surface area contributed by atoms with Crippen LogP contribution in [-0.4, -0.2) is 56.8 Å². The van der Waals surface area contributed by atoms with Gasteiger partial charge in [-0.25, -0.2) is 19.9 Å². The topological polar surface area (TPSA) is 98.2 Å². The molecular formula is C24H26F2N8O. The molecule has 8 rings (SSSR count). The predicted octanol–water partition coefficient (Wildman–Crippen LogP) is 2.90. The Morgan fingerprint density at radius 3 is 2.54 bits per heavy atom. The number of hydrogen-bond acceptors (Lipinski definition) is 8. The SMILES string of the molecule is Cn1ccnc1N1CC2C(C1)C2c1cc(-c2cnc(N)c(OC(F)F)c2)nc(N2CC3CC2C3)n1. The zero-order valence-electron chi connectivity index (χ0n) is 19.3. The molecule has 0 amide bonds. The van der Waals surface area contributed by atoms with Crippen LogP contribution in [0.2, 0.25) is 0 Å². The van der Waals surface area contributed by atoms with E-state index in [9.17, 15) is 8.78 Å². The minimum Gasteiger partial charge on any atom is -0.431 e. The van der Waals surface area contributed by atoms with E-state index in [2.05, 4.69) is 24.5 Å². The van der Waals surface area contributed by atoms with E-state index in [0.717, 1.165) is 37.2 Å². The number of nitrogens with zero attached hydrogens (tertiary/aromatic N) is 7. The van der Waals surface area contributed by atoms with Crippen LogP contribution in [0.5, 0.6) is 5.75 Å². The molecule has 6 heterocycles. The van der Waals surface area contributed by atoms with Gasteiger partial charge < -0.3 is 24.8 Å². The monoisotopic (exact) mass is 480 g/mol. The number of halogens is 2. The van der Waals surface area contributed by atoms with Gasteiger partial charge in [-0.3, -0.25) is 0 Å². The molecule has 0 radical (unpaired) electrons. The van der Waals surface area contributed by atoms with Gasteiger partial charge in [-0.05, 0) is 42.7 Å². The van der Waals surface area contributed by atoms with Gasteiger partial charge in [-0.1, -0.05) is 0 Å². The van der Waals surface area contributed by atoms with Crippen LogP contribution in [0.3, 0.4) is 0 Å². The van der Waals surface area contributed by atoms with Crippen LogP contribution < -0.4 is 20.3 Å². The van der Waals surface area contributed by atoms with E-state index in [1.165, 1.54) is 18.9 Å². The Balaban J connectivity index is 1.21. The molecule has 0 spiro atoms. The Kier molecular flexibility index (Phi) is 4.46. The highest BCUT2D eigenvalue weighted by Crippen LogP contribution is 2.58. The lowest BCUT2D eigenvalue weighted by Crippen LogP contribution is -2.30. The third kappa shape index (κ3) is 3.39. The molecule has 3 aliphatic heterocycles. The van der Waals surface area contributed by atoms with Gasteiger partial charge in [0.15, 0.2) is 11.6 Å². The van der Waals surface area contributed by atoms with Crippen molar-refractivity contribution in [3.05, 3.63) is 36.4 Å². The second-order valence-corrected chi connectivity index (χ2v) is 10.2. The summed E-state index contributed by atoms with van der Waals surface area (Å²) in [6.07, 6.45) is 7.73. The number of aryl methyl sites for hydroxylation is 1. The average molecular weight is 481 g/mol. The zero-order valence-corrected chi connectivity index (χ0v) is 19.3. The maximum absolute atomic E-state index is 12.9. The van der Waals surface area contributed by atoms with E-state index in [0.29, 0.717) is 41.0 Å². The van der Waals surface area contributed by atoms with Gasteiger partial charge in [0.2, 0.25) is 11.9 Å². The van der Waals surface area contributed by atoms with E-state index in [-0.39, 0.29) is 11.6 Å². The molecule has 2 bridgehead atoms. The molecule has 2 unspecified atom stereocenters. The maximum atomic E-state index is 12.9. The van der Waals surface area contributed by atoms with Crippen molar-refractivity contribution in [2.75, 3.05) is 35.2 Å². The molecule has 2 aliphatic carbocycles. The van der Waals surface area contributed by atoms with E-state index in [1.54, 1.807) is 6.20 Å². The molecular weight excluding hydrogens is 454 g/mol. The second-order valence-electron chi connectivity index (χ2n) is 10.2. The summed E-state index contributed by atoms with van der Waals surface area (Å²) in [4.78, 5) is 23.1. The third-order valence-electron chi connectivity index (χ3n) is 8.11. The first kappa shape index (κ1) is 20.8. The number of alkyl halides is 2. The lowest BCUT2D eigenvalue weighted by molar-refractivity contribution is -0.0494. The zero-order chi connectivity index (χ0) is 23.8. The number of ether oxygens (including phenoxy) is 1. The Morgan fingerprint density at radius 2 is 1.89 bits per heavy atom. The van der Waals surface area contributed by atoms with E-state index < -0.39 is 6.61 Å². The summed E-state index contributed by atoms with van der Waals surface area (Å²) in [6, 6.07) is 3.96. The molecule has 0 aromatic carbocycles. The van der Waals surface area contributed by atoms with E-state index >= 15 is 0 Å². The fourth-order valence-electron chi connectivity index (χ4n) is 6.25. The molecule has 9 nitrogen and oxygen atoms in total. The molecule has 2 atom stereocenters. The van der Waals surface area contributed by atoms with E-state index in [1.807, 2.05) is 30.1 Å². The number of anilines is 3. The summed E-state index contributed by atoms with van der Waals surface area (Å²) in [5.74, 6) is 3.59. The van der Waals surface area contributed by atoms with Crippen LogP contribution in [0.25, 0.3) is 11.3 Å². The number of fused-ring (bicyclic) bond motifs is 2. The minimum atomic E-state index is -2.98. The largest absolute Gasteiger partial charge is 0.431 e. The maximum Gasteiger partial charge on any atom is 0.387 e. The number of piperidine rings is 1. The van der Waals surface area contributed by atoms with Crippen LogP contribution in [-0.2, 0) is 7.05 Å². The van der Waals surface area contributed by atoms with Crippen molar-refractivity contribution in [1.82, 2.24) is 24.5 Å². The van der Waals surface area contributed by atoms with Crippen LogP contribution in [0.15, 0.2) is 30.7 Å². The molecule has 2 N–H and O–H groups in total. The van der Waals surface area contributed by atoms with Crippen molar-refractivity contribution in [1.29, 1.82) is 0 Å². The minimum absolute atomic E-state index is 0.0741. The average Bonchev–Trinajstić information content (AvgIpc) is 3.35. The van der Waals surface area contributed by atoms with Crippen LogP contribution in [0.4, 0.5) is 26.5 Å². The normalized spacial score (nSPS) is 28.4. The fraction of sp³-hybridized carbons (Fsp3) is 0.500. The highest BCUT2D eigenvalue weighted by Gasteiger charge is 2.58. The van der Waals surface area contributed by atoms with Crippen molar-refractivity contribution in [2.45, 2.75) is 31.4 Å². The first-order valence-corrected chi connectivity index (χ1v) is 12.0. The predicted molar refractivity (Wildman–Crippen MR) is 125 cm³/mol. The molecule has 35 heavy (non-hydrogen) atoms. The number of nitrogen functional groups attached to an aromatic ring is 1. The molecule has 3 saturated heterocycles. The van der Waals surface area contributed by atoms with Gasteiger partial charge in [0.1, 0.15) is 0 Å². The van der Waals surface area contributed by atoms with Gasteiger partial charge >= 0.3 is 6.61 Å². The Hall–Kier alpha value is -3.50. The smallest absolute Gasteiger partial charge is 0.387 e. The van der Waals surface area contributed by atoms with Crippen LogP contribution in [0, 0.1) is 17.8 Å². The van der Waals surface area contributed by atoms with Gasteiger partial charge in [0.25, 0.3) is 0 Å². The number of imidazole rings is 1. The number of aromatic nitrogens is 5. The molecule has 2 saturated carbocycles. The van der Waals surface area contributed by atoms with Gasteiger partial charge in [0.05, 0.1) is 11.4 Å². The van der Waals surface area contributed by atoms with E-state index in [4.69, 9.17) is 15.7 Å². The number of rotatable bonds is 6. The summed E-state index contributed by atoms with van der Waals surface area (Å²) >= 11 is 0. The molecule has 5 aliphatic rings. The molecule has 182 valence electrons. The molecule has 3 aromatic rings. The lowest BCUT2D eigenvalue weighted by atomic mass is 9.86. The fourth-order valence-corrected chi connectivity index (χ4v) is 6.25. The summed E-state index contributed by atoms with van der Waals surface area (Å²) in [5, 5.41) is 0. The first-order chi connectivity index (χ1) is 16.9. The highest BCUT2D eigenvalue weighted by atomic mass is 19.3. The standard InChI is InChI=1S/C24H26F2N8O/c1-32-3-2-28-24(32)33-10-15-16(11-33)20(15)18-7-17(13-6-19(35-22(25)26)21(27)29-8-13)30-23(31-18)34-9-12-4-14(34)5-12/h2-3,6-8,12,14-16,20,22H,4-5,9-11H2,1H3,(H2,27,29). The number of pyridine rings is 1. The first-order valence-electron chi connectivity index (χ1n) is 12.0. The Labute approximate surface area is 201 Å². The van der Waals surface area contributed by atoms with Gasteiger partial charge in [-0.15, -0.1) is 0 Å². The van der Waals surface area contributed by atoms with Gasteiger partial charge in [0, 0.05) is 62.8 Å². The summed E-state index contributed by atoms with van der Waals surface area (Å²) < 4.78 is 32.4.